The van der Waals surface area contributed by atoms with Crippen LogP contribution in [0.2, 0.25) is 0 Å². The molecule has 0 saturated carbocycles. The lowest BCUT2D eigenvalue weighted by Crippen LogP contribution is -2.21. The van der Waals surface area contributed by atoms with Gasteiger partial charge in [-0.2, -0.15) is 0 Å². The fourth-order valence-electron chi connectivity index (χ4n) is 1.64. The van der Waals surface area contributed by atoms with Gasteiger partial charge in [-0.1, -0.05) is 24.3 Å². The number of amides is 1. The second-order valence-corrected chi connectivity index (χ2v) is 5.05. The molecule has 2 aromatic carbocycles. The van der Waals surface area contributed by atoms with Crippen molar-refractivity contribution >= 4 is 39.2 Å². The van der Waals surface area contributed by atoms with Crippen LogP contribution >= 0.6 is 15.9 Å². The molecular formula is C15H13BrN2O3. The van der Waals surface area contributed by atoms with Crippen molar-refractivity contribution in [1.82, 2.24) is 0 Å². The number of nitrogens with one attached hydrogen (secondary N) is 1. The van der Waals surface area contributed by atoms with E-state index in [1.807, 2.05) is 6.07 Å². The molecule has 0 unspecified atom stereocenters. The highest BCUT2D eigenvalue weighted by Gasteiger charge is 2.13. The van der Waals surface area contributed by atoms with Crippen LogP contribution in [0.3, 0.4) is 0 Å². The van der Waals surface area contributed by atoms with Crippen LogP contribution in [-0.4, -0.2) is 18.5 Å². The van der Waals surface area contributed by atoms with Crippen molar-refractivity contribution in [2.45, 2.75) is 0 Å². The predicted molar refractivity (Wildman–Crippen MR) is 83.9 cm³/mol. The molecule has 1 amide bonds. The molecule has 108 valence electrons. The summed E-state index contributed by atoms with van der Waals surface area (Å²) < 4.78 is 5.68. The monoisotopic (exact) mass is 348 g/mol. The van der Waals surface area contributed by atoms with E-state index in [-0.39, 0.29) is 12.2 Å². The molecule has 0 atom stereocenters. The van der Waals surface area contributed by atoms with Gasteiger partial charge >= 0.3 is 5.97 Å². The van der Waals surface area contributed by atoms with E-state index >= 15 is 0 Å². The molecule has 21 heavy (non-hydrogen) atoms. The number of hydrogen-bond acceptors (Lipinski definition) is 4. The van der Waals surface area contributed by atoms with Crippen LogP contribution in [0.4, 0.5) is 11.4 Å². The molecule has 2 aromatic rings. The molecule has 0 radical (unpaired) electrons. The summed E-state index contributed by atoms with van der Waals surface area (Å²) in [4.78, 5) is 23.5. The van der Waals surface area contributed by atoms with Gasteiger partial charge in [0.05, 0.1) is 11.3 Å². The van der Waals surface area contributed by atoms with Gasteiger partial charge in [0, 0.05) is 10.2 Å². The van der Waals surface area contributed by atoms with Crippen LogP contribution in [0, 0.1) is 0 Å². The minimum atomic E-state index is -0.629. The normalized spacial score (nSPS) is 9.95. The third-order valence-corrected chi connectivity index (χ3v) is 3.35. The highest BCUT2D eigenvalue weighted by atomic mass is 79.9. The molecule has 0 fully saturated rings. The SMILES string of the molecule is Nc1ccccc1C(=O)OCC(=O)Nc1ccccc1Br. The molecule has 0 aliphatic rings. The number of carbonyl (C=O) groups is 2. The van der Waals surface area contributed by atoms with Gasteiger partial charge in [0.15, 0.2) is 6.61 Å². The largest absolute Gasteiger partial charge is 0.452 e. The van der Waals surface area contributed by atoms with E-state index in [0.717, 1.165) is 4.47 Å². The molecule has 6 heteroatoms. The molecule has 5 nitrogen and oxygen atoms in total. The Morgan fingerprint density at radius 3 is 2.48 bits per heavy atom. The van der Waals surface area contributed by atoms with E-state index in [1.165, 1.54) is 0 Å². The molecule has 0 saturated heterocycles. The van der Waals surface area contributed by atoms with Crippen LogP contribution in [0.1, 0.15) is 10.4 Å². The van der Waals surface area contributed by atoms with Crippen molar-refractivity contribution in [2.24, 2.45) is 0 Å². The second-order valence-electron chi connectivity index (χ2n) is 4.19. The number of hydrogen-bond donors (Lipinski definition) is 2. The maximum atomic E-state index is 11.8. The molecule has 3 N–H and O–H groups in total. The average molecular weight is 349 g/mol. The van der Waals surface area contributed by atoms with Crippen molar-refractivity contribution in [2.75, 3.05) is 17.7 Å². The Morgan fingerprint density at radius 1 is 1.10 bits per heavy atom. The number of anilines is 2. The van der Waals surface area contributed by atoms with Crippen molar-refractivity contribution in [3.8, 4) is 0 Å². The van der Waals surface area contributed by atoms with Gasteiger partial charge in [-0.3, -0.25) is 4.79 Å². The first-order chi connectivity index (χ1) is 10.1. The highest BCUT2D eigenvalue weighted by Crippen LogP contribution is 2.21. The van der Waals surface area contributed by atoms with E-state index in [0.29, 0.717) is 11.4 Å². The number of carbonyl (C=O) groups excluding carboxylic acids is 2. The van der Waals surface area contributed by atoms with Crippen molar-refractivity contribution < 1.29 is 14.3 Å². The first kappa shape index (κ1) is 15.1. The molecule has 0 aliphatic heterocycles. The fourth-order valence-corrected chi connectivity index (χ4v) is 2.02. The zero-order valence-corrected chi connectivity index (χ0v) is 12.6. The summed E-state index contributed by atoms with van der Waals surface area (Å²) in [5.41, 5.74) is 6.83. The van der Waals surface area contributed by atoms with Crippen LogP contribution in [0.15, 0.2) is 53.0 Å². The van der Waals surface area contributed by atoms with E-state index < -0.39 is 11.9 Å². The zero-order chi connectivity index (χ0) is 15.2. The van der Waals surface area contributed by atoms with Gasteiger partial charge in [-0.25, -0.2) is 4.79 Å². The van der Waals surface area contributed by atoms with E-state index in [9.17, 15) is 9.59 Å². The Hall–Kier alpha value is -2.34. The predicted octanol–water partition coefficient (Wildman–Crippen LogP) is 2.83. The average Bonchev–Trinajstić information content (AvgIpc) is 2.48. The summed E-state index contributed by atoms with van der Waals surface area (Å²) >= 11 is 3.31. The quantitative estimate of drug-likeness (QED) is 0.657. The molecule has 0 bridgehead atoms. The lowest BCUT2D eigenvalue weighted by Gasteiger charge is -2.08. The Kier molecular flexibility index (Phi) is 4.94. The Labute approximate surface area is 130 Å². The van der Waals surface area contributed by atoms with Gasteiger partial charge < -0.3 is 15.8 Å². The van der Waals surface area contributed by atoms with Gasteiger partial charge in [-0.05, 0) is 40.2 Å². The zero-order valence-electron chi connectivity index (χ0n) is 11.0. The number of ether oxygens (including phenoxy) is 1. The van der Waals surface area contributed by atoms with Crippen molar-refractivity contribution in [1.29, 1.82) is 0 Å². The van der Waals surface area contributed by atoms with Gasteiger partial charge in [0.2, 0.25) is 0 Å². The highest BCUT2D eigenvalue weighted by molar-refractivity contribution is 9.10. The summed E-state index contributed by atoms with van der Waals surface area (Å²) in [6.45, 7) is -0.380. The number of nitrogen functional groups attached to an aromatic ring is 1. The van der Waals surface area contributed by atoms with E-state index in [4.69, 9.17) is 10.5 Å². The lowest BCUT2D eigenvalue weighted by molar-refractivity contribution is -0.119. The van der Waals surface area contributed by atoms with Crippen LogP contribution < -0.4 is 11.1 Å². The van der Waals surface area contributed by atoms with Crippen molar-refractivity contribution in [3.05, 3.63) is 58.6 Å². The van der Waals surface area contributed by atoms with Crippen molar-refractivity contribution in [3.63, 3.8) is 0 Å². The maximum absolute atomic E-state index is 11.8. The Balaban J connectivity index is 1.91. The Morgan fingerprint density at radius 2 is 1.76 bits per heavy atom. The van der Waals surface area contributed by atoms with Gasteiger partial charge in [-0.15, -0.1) is 0 Å². The minimum absolute atomic E-state index is 0.242. The molecular weight excluding hydrogens is 336 g/mol. The molecule has 0 heterocycles. The lowest BCUT2D eigenvalue weighted by atomic mass is 10.2. The van der Waals surface area contributed by atoms with Crippen LogP contribution in [0.5, 0.6) is 0 Å². The first-order valence-electron chi connectivity index (χ1n) is 6.14. The van der Waals surface area contributed by atoms with Gasteiger partial charge in [0.25, 0.3) is 5.91 Å². The summed E-state index contributed by atoms with van der Waals surface area (Å²) in [5, 5.41) is 2.64. The number of benzene rings is 2. The third-order valence-electron chi connectivity index (χ3n) is 2.66. The smallest absolute Gasteiger partial charge is 0.340 e. The van der Waals surface area contributed by atoms with Gasteiger partial charge in [0.1, 0.15) is 0 Å². The fraction of sp³-hybridized carbons (Fsp3) is 0.0667. The number of esters is 1. The molecule has 0 spiro atoms. The third kappa shape index (κ3) is 4.06. The van der Waals surface area contributed by atoms with Crippen LogP contribution in [0.25, 0.3) is 0 Å². The number of para-hydroxylation sites is 2. The maximum Gasteiger partial charge on any atom is 0.340 e. The number of halogens is 1. The number of rotatable bonds is 4. The minimum Gasteiger partial charge on any atom is -0.452 e. The summed E-state index contributed by atoms with van der Waals surface area (Å²) in [6, 6.07) is 13.7. The first-order valence-corrected chi connectivity index (χ1v) is 6.93. The van der Waals surface area contributed by atoms with E-state index in [2.05, 4.69) is 21.2 Å². The van der Waals surface area contributed by atoms with Crippen LogP contribution in [-0.2, 0) is 9.53 Å². The number of nitrogens with two attached hydrogens (primary N) is 1. The molecule has 0 aliphatic carbocycles. The topological polar surface area (TPSA) is 81.4 Å². The summed E-state index contributed by atoms with van der Waals surface area (Å²) in [5.74, 6) is -1.06. The molecule has 2 rings (SSSR count). The second kappa shape index (κ2) is 6.90. The Bertz CT molecular complexity index is 673. The standard InChI is InChI=1S/C15H13BrN2O3/c16-11-6-2-4-8-13(11)18-14(19)9-21-15(20)10-5-1-3-7-12(10)17/h1-8H,9,17H2,(H,18,19). The molecule has 0 aromatic heterocycles. The summed E-state index contributed by atoms with van der Waals surface area (Å²) in [6.07, 6.45) is 0. The summed E-state index contributed by atoms with van der Waals surface area (Å²) in [7, 11) is 0. The van der Waals surface area contributed by atoms with E-state index in [1.54, 1.807) is 42.5 Å².